The molecule has 0 bridgehead atoms. The molecule has 0 aliphatic carbocycles. The molecule has 7 heteroatoms. The van der Waals surface area contributed by atoms with Crippen molar-refractivity contribution in [2.75, 3.05) is 41.4 Å². The average Bonchev–Trinajstić information content (AvgIpc) is 3.28. The minimum absolute atomic E-state index is 0.0774. The number of benzene rings is 2. The summed E-state index contributed by atoms with van der Waals surface area (Å²) >= 11 is 0. The van der Waals surface area contributed by atoms with Gasteiger partial charge in [-0.15, -0.1) is 0 Å². The molecule has 0 radical (unpaired) electrons. The first-order valence-electron chi connectivity index (χ1n) is 10.2. The Morgan fingerprint density at radius 2 is 1.80 bits per heavy atom. The van der Waals surface area contributed by atoms with Gasteiger partial charge in [0.05, 0.1) is 5.69 Å². The van der Waals surface area contributed by atoms with Crippen molar-refractivity contribution in [1.29, 1.82) is 0 Å². The van der Waals surface area contributed by atoms with Crippen LogP contribution in [0.3, 0.4) is 0 Å². The summed E-state index contributed by atoms with van der Waals surface area (Å²) in [5.41, 5.74) is 2.93. The highest BCUT2D eigenvalue weighted by atomic mass is 16.5. The van der Waals surface area contributed by atoms with E-state index in [0.29, 0.717) is 17.0 Å². The molecule has 2 aliphatic rings. The highest BCUT2D eigenvalue weighted by Crippen LogP contribution is 2.33. The molecule has 7 nitrogen and oxygen atoms in total. The number of nitrogens with zero attached hydrogens (tertiary/aromatic N) is 2. The van der Waals surface area contributed by atoms with Gasteiger partial charge in [-0.25, -0.2) is 0 Å². The number of ketones is 1. The van der Waals surface area contributed by atoms with E-state index in [1.165, 1.54) is 30.4 Å². The van der Waals surface area contributed by atoms with Crippen LogP contribution in [0.15, 0.2) is 42.5 Å². The summed E-state index contributed by atoms with van der Waals surface area (Å²) in [5, 5.41) is 2.89. The first-order chi connectivity index (χ1) is 14.5. The highest BCUT2D eigenvalue weighted by molar-refractivity contribution is 6.02. The number of ether oxygens (including phenoxy) is 1. The van der Waals surface area contributed by atoms with E-state index in [9.17, 15) is 14.4 Å². The molecule has 0 aromatic heterocycles. The van der Waals surface area contributed by atoms with Crippen LogP contribution < -0.4 is 19.9 Å². The van der Waals surface area contributed by atoms with E-state index in [0.717, 1.165) is 18.8 Å². The van der Waals surface area contributed by atoms with Crippen LogP contribution in [0.4, 0.5) is 17.1 Å². The summed E-state index contributed by atoms with van der Waals surface area (Å²) in [6.07, 6.45) is 2.58. The zero-order valence-electron chi connectivity index (χ0n) is 17.0. The molecule has 1 fully saturated rings. The summed E-state index contributed by atoms with van der Waals surface area (Å²) in [5.74, 6) is 0.0434. The Bertz CT molecular complexity index is 965. The largest absolute Gasteiger partial charge is 0.482 e. The number of nitrogens with one attached hydrogen (secondary N) is 1. The smallest absolute Gasteiger partial charge is 0.265 e. The first-order valence-corrected chi connectivity index (χ1v) is 10.2. The fraction of sp³-hybridized carbons (Fsp3) is 0.348. The SMILES string of the molecule is CC(=O)c1ccc2c(c1)N(CCC(=O)Nc1ccc(N3CCCC3)cc1)C(=O)CO2. The van der Waals surface area contributed by atoms with Crippen LogP contribution >= 0.6 is 0 Å². The molecule has 4 rings (SSSR count). The number of Topliss-reactive ketones (excluding diaryl/α,β-unsaturated/α-hetero) is 1. The van der Waals surface area contributed by atoms with Gasteiger partial charge in [0.1, 0.15) is 5.75 Å². The number of fused-ring (bicyclic) bond motifs is 1. The number of hydrogen-bond donors (Lipinski definition) is 1. The monoisotopic (exact) mass is 407 g/mol. The van der Waals surface area contributed by atoms with Gasteiger partial charge in [-0.3, -0.25) is 14.4 Å². The predicted molar refractivity (Wildman–Crippen MR) is 115 cm³/mol. The zero-order valence-corrected chi connectivity index (χ0v) is 17.0. The molecule has 156 valence electrons. The second-order valence-corrected chi connectivity index (χ2v) is 7.61. The summed E-state index contributed by atoms with van der Waals surface area (Å²) in [7, 11) is 0. The zero-order chi connectivity index (χ0) is 21.1. The minimum atomic E-state index is -0.231. The van der Waals surface area contributed by atoms with E-state index in [-0.39, 0.29) is 37.2 Å². The topological polar surface area (TPSA) is 79.0 Å². The van der Waals surface area contributed by atoms with E-state index < -0.39 is 0 Å². The van der Waals surface area contributed by atoms with Crippen molar-refractivity contribution in [1.82, 2.24) is 0 Å². The van der Waals surface area contributed by atoms with Gasteiger partial charge in [-0.05, 0) is 62.2 Å². The van der Waals surface area contributed by atoms with Gasteiger partial charge in [-0.1, -0.05) is 0 Å². The molecule has 2 aromatic carbocycles. The Morgan fingerprint density at radius 3 is 2.50 bits per heavy atom. The molecule has 0 saturated carbocycles. The molecule has 0 spiro atoms. The molecule has 2 heterocycles. The molecule has 2 aliphatic heterocycles. The molecule has 0 unspecified atom stereocenters. The molecule has 2 amide bonds. The lowest BCUT2D eigenvalue weighted by Crippen LogP contribution is -2.40. The van der Waals surface area contributed by atoms with Crippen molar-refractivity contribution in [2.24, 2.45) is 0 Å². The third-order valence-corrected chi connectivity index (χ3v) is 5.49. The van der Waals surface area contributed by atoms with Crippen LogP contribution in [-0.2, 0) is 9.59 Å². The fourth-order valence-electron chi connectivity index (χ4n) is 3.83. The van der Waals surface area contributed by atoms with Gasteiger partial charge in [0, 0.05) is 43.0 Å². The Labute approximate surface area is 175 Å². The van der Waals surface area contributed by atoms with Crippen LogP contribution in [0.1, 0.15) is 36.5 Å². The normalized spacial score (nSPS) is 15.6. The molecule has 1 N–H and O–H groups in total. The predicted octanol–water partition coefficient (Wildman–Crippen LogP) is 3.24. The van der Waals surface area contributed by atoms with E-state index in [4.69, 9.17) is 4.74 Å². The molecule has 30 heavy (non-hydrogen) atoms. The van der Waals surface area contributed by atoms with Crippen molar-refractivity contribution < 1.29 is 19.1 Å². The number of anilines is 3. The number of rotatable bonds is 6. The highest BCUT2D eigenvalue weighted by Gasteiger charge is 2.26. The van der Waals surface area contributed by atoms with Crippen molar-refractivity contribution in [3.8, 4) is 5.75 Å². The molecule has 0 atom stereocenters. The Balaban J connectivity index is 1.38. The summed E-state index contributed by atoms with van der Waals surface area (Å²) in [6, 6.07) is 12.8. The van der Waals surface area contributed by atoms with E-state index in [2.05, 4.69) is 10.2 Å². The maximum atomic E-state index is 12.4. The van der Waals surface area contributed by atoms with Gasteiger partial charge < -0.3 is 19.9 Å². The van der Waals surface area contributed by atoms with Gasteiger partial charge >= 0.3 is 0 Å². The Hall–Kier alpha value is -3.35. The third-order valence-electron chi connectivity index (χ3n) is 5.49. The summed E-state index contributed by atoms with van der Waals surface area (Å²) in [4.78, 5) is 40.3. The van der Waals surface area contributed by atoms with E-state index >= 15 is 0 Å². The third kappa shape index (κ3) is 4.30. The number of carbonyl (C=O) groups excluding carboxylic acids is 3. The maximum absolute atomic E-state index is 12.4. The molecule has 2 aromatic rings. The van der Waals surface area contributed by atoms with Crippen LogP contribution in [0, 0.1) is 0 Å². The van der Waals surface area contributed by atoms with Crippen molar-refractivity contribution in [2.45, 2.75) is 26.2 Å². The Kier molecular flexibility index (Phi) is 5.70. The Morgan fingerprint density at radius 1 is 1.07 bits per heavy atom. The van der Waals surface area contributed by atoms with Gasteiger partial charge in [0.25, 0.3) is 5.91 Å². The first kappa shape index (κ1) is 19.9. The van der Waals surface area contributed by atoms with Crippen LogP contribution in [-0.4, -0.2) is 43.8 Å². The fourth-order valence-corrected chi connectivity index (χ4v) is 3.83. The van der Waals surface area contributed by atoms with E-state index in [1.54, 1.807) is 18.2 Å². The average molecular weight is 407 g/mol. The standard InChI is InChI=1S/C23H25N3O4/c1-16(27)17-4-9-21-20(14-17)26(23(29)15-30-21)13-10-22(28)24-18-5-7-19(8-6-18)25-11-2-3-12-25/h4-9,14H,2-3,10-13,15H2,1H3,(H,24,28). The van der Waals surface area contributed by atoms with E-state index in [1.807, 2.05) is 24.3 Å². The van der Waals surface area contributed by atoms with Crippen LogP contribution in [0.5, 0.6) is 5.75 Å². The lowest BCUT2D eigenvalue weighted by atomic mass is 10.1. The maximum Gasteiger partial charge on any atom is 0.265 e. The van der Waals surface area contributed by atoms with Crippen molar-refractivity contribution in [3.63, 3.8) is 0 Å². The molecular formula is C23H25N3O4. The quantitative estimate of drug-likeness (QED) is 0.744. The van der Waals surface area contributed by atoms with Crippen LogP contribution in [0.2, 0.25) is 0 Å². The lowest BCUT2D eigenvalue weighted by molar-refractivity contribution is -0.121. The second kappa shape index (κ2) is 8.57. The molecule has 1 saturated heterocycles. The van der Waals surface area contributed by atoms with Crippen molar-refractivity contribution >= 4 is 34.7 Å². The van der Waals surface area contributed by atoms with Gasteiger partial charge in [0.2, 0.25) is 5.91 Å². The minimum Gasteiger partial charge on any atom is -0.482 e. The number of amides is 2. The summed E-state index contributed by atoms with van der Waals surface area (Å²) in [6.45, 7) is 3.76. The van der Waals surface area contributed by atoms with Crippen LogP contribution in [0.25, 0.3) is 0 Å². The second-order valence-electron chi connectivity index (χ2n) is 7.61. The number of hydrogen-bond acceptors (Lipinski definition) is 5. The lowest BCUT2D eigenvalue weighted by Gasteiger charge is -2.29. The van der Waals surface area contributed by atoms with Gasteiger partial charge in [-0.2, -0.15) is 0 Å². The summed E-state index contributed by atoms with van der Waals surface area (Å²) < 4.78 is 5.45. The van der Waals surface area contributed by atoms with Gasteiger partial charge in [0.15, 0.2) is 12.4 Å². The number of carbonyl (C=O) groups is 3. The molecular weight excluding hydrogens is 382 g/mol. The van der Waals surface area contributed by atoms with Crippen molar-refractivity contribution in [3.05, 3.63) is 48.0 Å².